The third-order valence-electron chi connectivity index (χ3n) is 5.31. The van der Waals surface area contributed by atoms with Crippen molar-refractivity contribution in [3.8, 4) is 5.75 Å². The highest BCUT2D eigenvalue weighted by molar-refractivity contribution is 7.93. The van der Waals surface area contributed by atoms with Gasteiger partial charge in [-0.1, -0.05) is 30.3 Å². The number of rotatable bonds is 8. The monoisotopic (exact) mass is 506 g/mol. The Balaban J connectivity index is 1.95. The fourth-order valence-electron chi connectivity index (χ4n) is 3.39. The molecule has 0 saturated carbocycles. The number of ether oxygens (including phenoxy) is 1. The van der Waals surface area contributed by atoms with Crippen LogP contribution in [0.25, 0.3) is 0 Å². The number of hydrogen-bond acceptors (Lipinski definition) is 4. The minimum absolute atomic E-state index is 0.0853. The van der Waals surface area contributed by atoms with Crippen LogP contribution in [-0.2, 0) is 27.5 Å². The fraction of sp³-hybridized carbons (Fsp3) is 0.240. The number of nitrogens with zero attached hydrogens (tertiary/aromatic N) is 1. The quantitative estimate of drug-likeness (QED) is 0.474. The maximum Gasteiger partial charge on any atom is 0.416 e. The Kier molecular flexibility index (Phi) is 7.74. The summed E-state index contributed by atoms with van der Waals surface area (Å²) < 4.78 is 73.0. The van der Waals surface area contributed by atoms with E-state index in [-0.39, 0.29) is 17.1 Å². The lowest BCUT2D eigenvalue weighted by Crippen LogP contribution is -2.41. The van der Waals surface area contributed by atoms with Gasteiger partial charge in [-0.2, -0.15) is 13.2 Å². The first kappa shape index (κ1) is 26.1. The second kappa shape index (κ2) is 10.4. The summed E-state index contributed by atoms with van der Waals surface area (Å²) in [6.45, 7) is 2.69. The molecule has 10 heteroatoms. The summed E-state index contributed by atoms with van der Waals surface area (Å²) in [6.07, 6.45) is -4.68. The van der Waals surface area contributed by atoms with Crippen LogP contribution in [-0.4, -0.2) is 28.0 Å². The van der Waals surface area contributed by atoms with E-state index < -0.39 is 34.2 Å². The van der Waals surface area contributed by atoms with E-state index in [1.807, 2.05) is 0 Å². The molecule has 0 radical (unpaired) electrons. The summed E-state index contributed by atoms with van der Waals surface area (Å²) in [5, 5.41) is 2.62. The number of nitrogens with one attached hydrogen (secondary N) is 1. The average molecular weight is 507 g/mol. The number of carbonyl (C=O) groups is 1. The van der Waals surface area contributed by atoms with Crippen LogP contribution < -0.4 is 14.4 Å². The number of benzene rings is 3. The highest BCUT2D eigenvalue weighted by Crippen LogP contribution is 2.33. The Labute approximate surface area is 202 Å². The third kappa shape index (κ3) is 6.33. The highest BCUT2D eigenvalue weighted by Gasteiger charge is 2.33. The van der Waals surface area contributed by atoms with Crippen LogP contribution in [0.2, 0.25) is 0 Å². The van der Waals surface area contributed by atoms with Crippen LogP contribution in [0, 0.1) is 13.8 Å². The van der Waals surface area contributed by atoms with E-state index in [0.29, 0.717) is 21.2 Å². The predicted molar refractivity (Wildman–Crippen MR) is 127 cm³/mol. The van der Waals surface area contributed by atoms with Gasteiger partial charge in [-0.25, -0.2) is 8.42 Å². The molecule has 6 nitrogen and oxygen atoms in total. The zero-order chi connectivity index (χ0) is 25.8. The van der Waals surface area contributed by atoms with E-state index in [2.05, 4.69) is 5.32 Å². The second-order valence-electron chi connectivity index (χ2n) is 7.95. The smallest absolute Gasteiger partial charge is 0.416 e. The zero-order valence-electron chi connectivity index (χ0n) is 19.4. The molecule has 0 heterocycles. The lowest BCUT2D eigenvalue weighted by molar-refractivity contribution is -0.137. The van der Waals surface area contributed by atoms with Crippen molar-refractivity contribution in [2.75, 3.05) is 18.0 Å². The molecule has 3 rings (SSSR count). The van der Waals surface area contributed by atoms with Crippen LogP contribution >= 0.6 is 0 Å². The van der Waals surface area contributed by atoms with E-state index in [9.17, 15) is 26.4 Å². The maximum atomic E-state index is 13.6. The van der Waals surface area contributed by atoms with Crippen molar-refractivity contribution < 1.29 is 31.1 Å². The van der Waals surface area contributed by atoms with Gasteiger partial charge in [-0.3, -0.25) is 9.10 Å². The molecular formula is C25H25F3N2O4S. The van der Waals surface area contributed by atoms with Gasteiger partial charge in [0, 0.05) is 6.54 Å². The normalized spacial score (nSPS) is 11.7. The fourth-order valence-corrected chi connectivity index (χ4v) is 5.11. The molecule has 0 atom stereocenters. The van der Waals surface area contributed by atoms with E-state index in [0.717, 1.165) is 23.8 Å². The molecule has 0 bridgehead atoms. The molecular weight excluding hydrogens is 481 g/mol. The highest BCUT2D eigenvalue weighted by atomic mass is 32.2. The molecule has 3 aromatic rings. The number of hydrogen-bond donors (Lipinski definition) is 1. The van der Waals surface area contributed by atoms with Gasteiger partial charge in [-0.15, -0.1) is 0 Å². The average Bonchev–Trinajstić information content (AvgIpc) is 2.82. The minimum Gasteiger partial charge on any atom is -0.497 e. The van der Waals surface area contributed by atoms with Gasteiger partial charge >= 0.3 is 6.18 Å². The van der Waals surface area contributed by atoms with Crippen molar-refractivity contribution in [1.82, 2.24) is 5.32 Å². The third-order valence-corrected chi connectivity index (χ3v) is 7.22. The Morgan fingerprint density at radius 2 is 1.69 bits per heavy atom. The first-order chi connectivity index (χ1) is 16.4. The zero-order valence-corrected chi connectivity index (χ0v) is 20.2. The molecule has 186 valence electrons. The van der Waals surface area contributed by atoms with Gasteiger partial charge in [0.15, 0.2) is 0 Å². The molecule has 1 amide bonds. The van der Waals surface area contributed by atoms with E-state index in [1.54, 1.807) is 50.2 Å². The molecule has 0 aromatic heterocycles. The number of carbonyl (C=O) groups excluding carboxylic acids is 1. The lowest BCUT2D eigenvalue weighted by atomic mass is 10.2. The van der Waals surface area contributed by atoms with Crippen molar-refractivity contribution in [2.24, 2.45) is 0 Å². The summed E-state index contributed by atoms with van der Waals surface area (Å²) in [4.78, 5) is 12.7. The number of anilines is 1. The van der Waals surface area contributed by atoms with Gasteiger partial charge in [0.25, 0.3) is 10.0 Å². The summed E-state index contributed by atoms with van der Waals surface area (Å²) in [6, 6.07) is 15.6. The predicted octanol–water partition coefficient (Wildman–Crippen LogP) is 4.84. The molecule has 35 heavy (non-hydrogen) atoms. The molecule has 0 aliphatic rings. The van der Waals surface area contributed by atoms with Crippen molar-refractivity contribution in [1.29, 1.82) is 0 Å². The second-order valence-corrected chi connectivity index (χ2v) is 9.78. The van der Waals surface area contributed by atoms with Gasteiger partial charge in [0.2, 0.25) is 5.91 Å². The van der Waals surface area contributed by atoms with Crippen LogP contribution in [0.3, 0.4) is 0 Å². The molecule has 3 aromatic carbocycles. The first-order valence-electron chi connectivity index (χ1n) is 10.6. The number of aryl methyl sites for hydroxylation is 2. The molecule has 0 saturated heterocycles. The van der Waals surface area contributed by atoms with E-state index in [1.165, 1.54) is 19.2 Å². The summed E-state index contributed by atoms with van der Waals surface area (Å²) >= 11 is 0. The van der Waals surface area contributed by atoms with E-state index >= 15 is 0 Å². The lowest BCUT2D eigenvalue weighted by Gasteiger charge is -2.26. The minimum atomic E-state index is -4.68. The number of alkyl halides is 3. The molecule has 0 fully saturated rings. The van der Waals surface area contributed by atoms with Crippen molar-refractivity contribution in [2.45, 2.75) is 31.5 Å². The van der Waals surface area contributed by atoms with Crippen molar-refractivity contribution >= 4 is 21.6 Å². The summed E-state index contributed by atoms with van der Waals surface area (Å²) in [5.74, 6) is -0.0393. The molecule has 0 unspecified atom stereocenters. The Morgan fingerprint density at radius 1 is 1.00 bits per heavy atom. The molecule has 0 aliphatic carbocycles. The maximum absolute atomic E-state index is 13.6. The van der Waals surface area contributed by atoms with Gasteiger partial charge in [0.1, 0.15) is 12.3 Å². The SMILES string of the molecule is COc1ccc(CNC(=O)CN(c2cccc(C(F)(F)F)c2)S(=O)(=O)c2cc(C)ccc2C)cc1. The molecule has 0 aliphatic heterocycles. The number of halogens is 3. The first-order valence-corrected chi connectivity index (χ1v) is 12.0. The van der Waals surface area contributed by atoms with E-state index in [4.69, 9.17) is 4.74 Å². The molecule has 1 N–H and O–H groups in total. The Morgan fingerprint density at radius 3 is 2.31 bits per heavy atom. The van der Waals surface area contributed by atoms with Gasteiger partial charge in [-0.05, 0) is 66.9 Å². The number of amides is 1. The summed E-state index contributed by atoms with van der Waals surface area (Å²) in [7, 11) is -2.84. The van der Waals surface area contributed by atoms with Gasteiger partial charge in [0.05, 0.1) is 23.3 Å². The number of methoxy groups -OCH3 is 1. The Bertz CT molecular complexity index is 1310. The Hall–Kier alpha value is -3.53. The summed E-state index contributed by atoms with van der Waals surface area (Å²) in [5.41, 5.74) is 0.519. The topological polar surface area (TPSA) is 75.7 Å². The van der Waals surface area contributed by atoms with Crippen molar-refractivity contribution in [3.05, 3.63) is 89.0 Å². The van der Waals surface area contributed by atoms with Crippen LogP contribution in [0.4, 0.5) is 18.9 Å². The number of sulfonamides is 1. The van der Waals surface area contributed by atoms with Crippen LogP contribution in [0.5, 0.6) is 5.75 Å². The van der Waals surface area contributed by atoms with Gasteiger partial charge < -0.3 is 10.1 Å². The van der Waals surface area contributed by atoms with Crippen LogP contribution in [0.1, 0.15) is 22.3 Å². The molecule has 0 spiro atoms. The van der Waals surface area contributed by atoms with Crippen LogP contribution in [0.15, 0.2) is 71.6 Å². The largest absolute Gasteiger partial charge is 0.497 e. The van der Waals surface area contributed by atoms with Crippen molar-refractivity contribution in [3.63, 3.8) is 0 Å². The standard InChI is InChI=1S/C25H25F3N2O4S/c1-17-7-8-18(2)23(13-17)35(32,33)30(21-6-4-5-20(14-21)25(26,27)28)16-24(31)29-15-19-9-11-22(34-3)12-10-19/h4-14H,15-16H2,1-3H3,(H,29,31).